The molecule has 4 rings (SSSR count). The highest BCUT2D eigenvalue weighted by Crippen LogP contribution is 2.32. The molecule has 3 aromatic rings. The first-order chi connectivity index (χ1) is 13.5. The van der Waals surface area contributed by atoms with Crippen molar-refractivity contribution in [3.8, 4) is 0 Å². The average Bonchev–Trinajstić information content (AvgIpc) is 3.08. The minimum absolute atomic E-state index is 0.230. The molecule has 0 N–H and O–H groups in total. The van der Waals surface area contributed by atoms with Crippen LogP contribution in [0.3, 0.4) is 0 Å². The summed E-state index contributed by atoms with van der Waals surface area (Å²) in [6, 6.07) is 10.00. The summed E-state index contributed by atoms with van der Waals surface area (Å²) in [5.41, 5.74) is 1.24. The molecule has 0 fully saturated rings. The molecule has 0 amide bonds. The molecule has 8 nitrogen and oxygen atoms in total. The number of imidazole rings is 1. The van der Waals surface area contributed by atoms with E-state index < -0.39 is 0 Å². The lowest BCUT2D eigenvalue weighted by Crippen LogP contribution is -2.41. The summed E-state index contributed by atoms with van der Waals surface area (Å²) in [6.07, 6.45) is 0. The van der Waals surface area contributed by atoms with Crippen molar-refractivity contribution in [2.75, 3.05) is 24.7 Å². The zero-order valence-electron chi connectivity index (χ0n) is 16.5. The van der Waals surface area contributed by atoms with Crippen LogP contribution in [0.15, 0.2) is 39.9 Å². The second-order valence-corrected chi connectivity index (χ2v) is 7.24. The van der Waals surface area contributed by atoms with Crippen molar-refractivity contribution in [2.24, 2.45) is 13.0 Å². The van der Waals surface area contributed by atoms with Crippen LogP contribution in [0, 0.1) is 5.92 Å². The number of aromatic nitrogens is 4. The predicted molar refractivity (Wildman–Crippen MR) is 108 cm³/mol. The quantitative estimate of drug-likeness (QED) is 0.627. The number of fused-ring (bicyclic) bond motifs is 3. The van der Waals surface area contributed by atoms with Gasteiger partial charge in [-0.1, -0.05) is 25.1 Å². The second kappa shape index (κ2) is 7.27. The van der Waals surface area contributed by atoms with Crippen molar-refractivity contribution in [3.63, 3.8) is 0 Å². The van der Waals surface area contributed by atoms with Gasteiger partial charge in [-0.05, 0) is 25.0 Å². The summed E-state index contributed by atoms with van der Waals surface area (Å²) in [5, 5.41) is 0. The van der Waals surface area contributed by atoms with Crippen molar-refractivity contribution >= 4 is 22.8 Å². The molecule has 1 aliphatic rings. The Labute approximate surface area is 162 Å². The largest absolute Gasteiger partial charge is 0.380 e. The zero-order chi connectivity index (χ0) is 19.8. The molecule has 1 unspecified atom stereocenters. The van der Waals surface area contributed by atoms with Crippen molar-refractivity contribution in [2.45, 2.75) is 26.9 Å². The van der Waals surface area contributed by atoms with Crippen molar-refractivity contribution in [1.29, 1.82) is 0 Å². The Bertz CT molecular complexity index is 1110. The van der Waals surface area contributed by atoms with Gasteiger partial charge in [0.1, 0.15) is 0 Å². The minimum Gasteiger partial charge on any atom is -0.380 e. The van der Waals surface area contributed by atoms with Crippen LogP contribution in [-0.2, 0) is 24.9 Å². The molecule has 0 saturated heterocycles. The summed E-state index contributed by atoms with van der Waals surface area (Å²) >= 11 is 0. The van der Waals surface area contributed by atoms with E-state index in [0.29, 0.717) is 42.8 Å². The Morgan fingerprint density at radius 2 is 1.93 bits per heavy atom. The Hall–Kier alpha value is -2.87. The van der Waals surface area contributed by atoms with Crippen LogP contribution >= 0.6 is 0 Å². The van der Waals surface area contributed by atoms with E-state index in [1.54, 1.807) is 7.05 Å². The highest BCUT2D eigenvalue weighted by molar-refractivity contribution is 5.77. The first-order valence-electron chi connectivity index (χ1n) is 9.63. The molecule has 1 aromatic carbocycles. The van der Waals surface area contributed by atoms with Crippen LogP contribution in [-0.4, -0.2) is 38.4 Å². The van der Waals surface area contributed by atoms with Crippen LogP contribution in [0.1, 0.15) is 13.8 Å². The molecule has 0 aliphatic carbocycles. The number of hydrogen-bond acceptors (Lipinski definition) is 5. The fraction of sp³-hybridized carbons (Fsp3) is 0.450. The summed E-state index contributed by atoms with van der Waals surface area (Å²) in [6.45, 7) is 6.63. The van der Waals surface area contributed by atoms with Gasteiger partial charge in [0.25, 0.3) is 5.56 Å². The lowest BCUT2D eigenvalue weighted by Gasteiger charge is -2.32. The summed E-state index contributed by atoms with van der Waals surface area (Å²) in [4.78, 5) is 32.8. The van der Waals surface area contributed by atoms with Gasteiger partial charge in [-0.25, -0.2) is 4.79 Å². The highest BCUT2D eigenvalue weighted by Gasteiger charge is 2.29. The van der Waals surface area contributed by atoms with Crippen LogP contribution in [0.4, 0.5) is 11.6 Å². The number of anilines is 2. The van der Waals surface area contributed by atoms with E-state index in [1.807, 2.05) is 41.8 Å². The van der Waals surface area contributed by atoms with Crippen LogP contribution in [0.25, 0.3) is 11.2 Å². The molecular weight excluding hydrogens is 358 g/mol. The number of ether oxygens (including phenoxy) is 1. The second-order valence-electron chi connectivity index (χ2n) is 7.24. The third-order valence-corrected chi connectivity index (χ3v) is 5.17. The average molecular weight is 383 g/mol. The minimum atomic E-state index is -0.369. The van der Waals surface area contributed by atoms with E-state index in [1.165, 1.54) is 9.13 Å². The Morgan fingerprint density at radius 3 is 2.64 bits per heavy atom. The third kappa shape index (κ3) is 2.93. The molecule has 0 bridgehead atoms. The van der Waals surface area contributed by atoms with E-state index in [9.17, 15) is 9.59 Å². The number of nitrogens with zero attached hydrogens (tertiary/aromatic N) is 5. The third-order valence-electron chi connectivity index (χ3n) is 5.17. The standard InChI is InChI=1S/C20H25N5O3/c1-4-28-11-10-23-18(26)16-17(22(3)20(23)27)21-19-24(12-14(2)13-25(16)19)15-8-6-5-7-9-15/h5-9,14H,4,10-13H2,1-3H3. The van der Waals surface area contributed by atoms with E-state index in [-0.39, 0.29) is 17.8 Å². The van der Waals surface area contributed by atoms with E-state index in [4.69, 9.17) is 9.72 Å². The Kier molecular flexibility index (Phi) is 4.80. The summed E-state index contributed by atoms with van der Waals surface area (Å²) < 4.78 is 10.0. The van der Waals surface area contributed by atoms with Crippen LogP contribution < -0.4 is 16.1 Å². The number of hydrogen-bond donors (Lipinski definition) is 0. The molecule has 8 heteroatoms. The van der Waals surface area contributed by atoms with E-state index in [0.717, 1.165) is 12.2 Å². The molecule has 1 aliphatic heterocycles. The zero-order valence-corrected chi connectivity index (χ0v) is 16.5. The van der Waals surface area contributed by atoms with Gasteiger partial charge in [0.15, 0.2) is 11.2 Å². The smallest absolute Gasteiger partial charge is 0.332 e. The summed E-state index contributed by atoms with van der Waals surface area (Å²) in [5.74, 6) is 1.03. The van der Waals surface area contributed by atoms with Crippen molar-refractivity contribution in [3.05, 3.63) is 51.2 Å². The predicted octanol–water partition coefficient (Wildman–Crippen LogP) is 1.72. The molecule has 1 atom stereocenters. The first kappa shape index (κ1) is 18.5. The van der Waals surface area contributed by atoms with Gasteiger partial charge in [-0.3, -0.25) is 13.9 Å². The van der Waals surface area contributed by atoms with Gasteiger partial charge >= 0.3 is 5.69 Å². The molecule has 0 spiro atoms. The maximum absolute atomic E-state index is 13.2. The van der Waals surface area contributed by atoms with Gasteiger partial charge in [0.2, 0.25) is 5.95 Å². The Balaban J connectivity index is 1.93. The molecule has 148 valence electrons. The molecule has 3 heterocycles. The lowest BCUT2D eigenvalue weighted by molar-refractivity contribution is 0.137. The fourth-order valence-corrected chi connectivity index (χ4v) is 3.83. The highest BCUT2D eigenvalue weighted by atomic mass is 16.5. The number of benzene rings is 1. The SMILES string of the molecule is CCOCCn1c(=O)c2c(nc3n2CC(C)CN3c2ccccc2)n(C)c1=O. The summed E-state index contributed by atoms with van der Waals surface area (Å²) in [7, 11) is 1.66. The van der Waals surface area contributed by atoms with E-state index in [2.05, 4.69) is 11.8 Å². The van der Waals surface area contributed by atoms with Crippen LogP contribution in [0.5, 0.6) is 0 Å². The van der Waals surface area contributed by atoms with Gasteiger partial charge in [-0.2, -0.15) is 4.98 Å². The fourth-order valence-electron chi connectivity index (χ4n) is 3.83. The van der Waals surface area contributed by atoms with Gasteiger partial charge in [0, 0.05) is 32.4 Å². The maximum Gasteiger partial charge on any atom is 0.332 e. The molecular formula is C20H25N5O3. The lowest BCUT2D eigenvalue weighted by atomic mass is 10.1. The van der Waals surface area contributed by atoms with E-state index >= 15 is 0 Å². The van der Waals surface area contributed by atoms with Crippen molar-refractivity contribution < 1.29 is 4.74 Å². The maximum atomic E-state index is 13.2. The molecule has 28 heavy (non-hydrogen) atoms. The van der Waals surface area contributed by atoms with Crippen LogP contribution in [0.2, 0.25) is 0 Å². The molecule has 2 aromatic heterocycles. The molecule has 0 radical (unpaired) electrons. The number of para-hydroxylation sites is 1. The van der Waals surface area contributed by atoms with Crippen molar-refractivity contribution in [1.82, 2.24) is 18.7 Å². The molecule has 0 saturated carbocycles. The Morgan fingerprint density at radius 1 is 1.18 bits per heavy atom. The number of aryl methyl sites for hydroxylation is 1. The monoisotopic (exact) mass is 383 g/mol. The van der Waals surface area contributed by atoms with Gasteiger partial charge in [-0.15, -0.1) is 0 Å². The number of rotatable bonds is 5. The first-order valence-corrected chi connectivity index (χ1v) is 9.63. The topological polar surface area (TPSA) is 74.3 Å². The normalized spacial score (nSPS) is 16.5. The van der Waals surface area contributed by atoms with Gasteiger partial charge in [0.05, 0.1) is 13.2 Å². The van der Waals surface area contributed by atoms with Gasteiger partial charge < -0.3 is 14.2 Å².